The highest BCUT2D eigenvalue weighted by atomic mass is 79.9. The van der Waals surface area contributed by atoms with E-state index in [0.717, 1.165) is 25.7 Å². The fraction of sp³-hybridized carbons (Fsp3) is 0.0435. The fourth-order valence-electron chi connectivity index (χ4n) is 3.07. The van der Waals surface area contributed by atoms with Crippen LogP contribution >= 0.6 is 31.9 Å². The van der Waals surface area contributed by atoms with Crippen LogP contribution in [0.3, 0.4) is 0 Å². The minimum Gasteiger partial charge on any atom is -0.480 e. The number of fused-ring (bicyclic) bond motifs is 1. The van der Waals surface area contributed by atoms with Crippen molar-refractivity contribution in [2.75, 3.05) is 11.5 Å². The number of hydrogen-bond acceptors (Lipinski definition) is 3. The molecule has 0 saturated carbocycles. The van der Waals surface area contributed by atoms with Gasteiger partial charge >= 0.3 is 0 Å². The van der Waals surface area contributed by atoms with Gasteiger partial charge in [0.05, 0.1) is 4.47 Å². The molecule has 144 valence electrons. The van der Waals surface area contributed by atoms with Crippen LogP contribution in [0, 0.1) is 0 Å². The lowest BCUT2D eigenvalue weighted by atomic mass is 10.2. The second-order valence-electron chi connectivity index (χ2n) is 6.26. The van der Waals surface area contributed by atoms with Gasteiger partial charge in [-0.3, -0.25) is 14.7 Å². The lowest BCUT2D eigenvalue weighted by molar-refractivity contribution is -0.119. The number of rotatable bonds is 5. The van der Waals surface area contributed by atoms with Crippen molar-refractivity contribution >= 4 is 60.0 Å². The summed E-state index contributed by atoms with van der Waals surface area (Å²) in [6.45, 7) is -0.129. The largest absolute Gasteiger partial charge is 0.480 e. The molecule has 0 atom stereocenters. The zero-order chi connectivity index (χ0) is 20.2. The Labute approximate surface area is 185 Å². The first-order valence-electron chi connectivity index (χ1n) is 8.94. The second kappa shape index (κ2) is 8.76. The molecule has 0 bridgehead atoms. The number of pyridine rings is 1. The van der Waals surface area contributed by atoms with Crippen LogP contribution in [0.15, 0.2) is 94.0 Å². The SMILES string of the molecule is O=C(COc1c(Br)cc(Br)c2cccnc12)N(c1ccccc1)c1ccccc1. The molecule has 6 heteroatoms. The summed E-state index contributed by atoms with van der Waals surface area (Å²) in [7, 11) is 0. The van der Waals surface area contributed by atoms with E-state index in [1.165, 1.54) is 0 Å². The molecule has 0 fully saturated rings. The fourth-order valence-corrected chi connectivity index (χ4v) is 4.46. The number of ether oxygens (including phenoxy) is 1. The minimum atomic E-state index is -0.179. The Hall–Kier alpha value is -2.70. The summed E-state index contributed by atoms with van der Waals surface area (Å²) in [5.74, 6) is 0.361. The number of halogens is 2. The third-order valence-corrected chi connectivity index (χ3v) is 5.61. The molecule has 0 aliphatic rings. The van der Waals surface area contributed by atoms with Gasteiger partial charge in [-0.25, -0.2) is 0 Å². The van der Waals surface area contributed by atoms with Crippen LogP contribution in [0.1, 0.15) is 0 Å². The third kappa shape index (κ3) is 4.18. The first-order valence-corrected chi connectivity index (χ1v) is 10.5. The van der Waals surface area contributed by atoms with Crippen molar-refractivity contribution in [3.05, 3.63) is 94.0 Å². The normalized spacial score (nSPS) is 10.7. The van der Waals surface area contributed by atoms with Gasteiger partial charge in [0, 0.05) is 27.4 Å². The van der Waals surface area contributed by atoms with Gasteiger partial charge in [0.25, 0.3) is 5.91 Å². The van der Waals surface area contributed by atoms with Gasteiger partial charge in [-0.15, -0.1) is 0 Å². The molecule has 0 spiro atoms. The van der Waals surface area contributed by atoms with Crippen molar-refractivity contribution in [1.29, 1.82) is 0 Å². The van der Waals surface area contributed by atoms with E-state index in [0.29, 0.717) is 11.3 Å². The Morgan fingerprint density at radius 1 is 0.862 bits per heavy atom. The third-order valence-electron chi connectivity index (χ3n) is 4.37. The predicted octanol–water partition coefficient (Wildman–Crippen LogP) is 6.50. The van der Waals surface area contributed by atoms with E-state index < -0.39 is 0 Å². The molecule has 0 saturated heterocycles. The van der Waals surface area contributed by atoms with Gasteiger partial charge in [-0.05, 0) is 52.3 Å². The van der Waals surface area contributed by atoms with Crippen molar-refractivity contribution in [2.24, 2.45) is 0 Å². The van der Waals surface area contributed by atoms with Gasteiger partial charge in [-0.1, -0.05) is 58.4 Å². The molecular formula is C23H16Br2N2O2. The molecule has 0 N–H and O–H groups in total. The summed E-state index contributed by atoms with van der Waals surface area (Å²) in [6.07, 6.45) is 1.70. The number of para-hydroxylation sites is 2. The van der Waals surface area contributed by atoms with Crippen LogP contribution in [0.2, 0.25) is 0 Å². The van der Waals surface area contributed by atoms with E-state index in [1.54, 1.807) is 11.1 Å². The van der Waals surface area contributed by atoms with Gasteiger partial charge < -0.3 is 4.74 Å². The van der Waals surface area contributed by atoms with Crippen LogP contribution in [0.25, 0.3) is 10.9 Å². The van der Waals surface area contributed by atoms with E-state index in [9.17, 15) is 4.79 Å². The smallest absolute Gasteiger partial charge is 0.269 e. The van der Waals surface area contributed by atoms with Crippen LogP contribution in [0.4, 0.5) is 11.4 Å². The van der Waals surface area contributed by atoms with Crippen molar-refractivity contribution in [2.45, 2.75) is 0 Å². The van der Waals surface area contributed by atoms with E-state index >= 15 is 0 Å². The van der Waals surface area contributed by atoms with E-state index in [1.807, 2.05) is 78.9 Å². The van der Waals surface area contributed by atoms with Crippen LogP contribution in [-0.2, 0) is 4.79 Å². The standard InChI is InChI=1S/C23H16Br2N2O2/c24-19-14-20(25)23(22-18(19)12-7-13-26-22)29-15-21(28)27(16-8-3-1-4-9-16)17-10-5-2-6-11-17/h1-14H,15H2. The number of carbonyl (C=O) groups excluding carboxylic acids is 1. The molecule has 1 aromatic heterocycles. The van der Waals surface area contributed by atoms with E-state index in [-0.39, 0.29) is 12.5 Å². The highest BCUT2D eigenvalue weighted by Gasteiger charge is 2.20. The Morgan fingerprint density at radius 2 is 1.48 bits per heavy atom. The van der Waals surface area contributed by atoms with Crippen molar-refractivity contribution < 1.29 is 9.53 Å². The van der Waals surface area contributed by atoms with Crippen LogP contribution < -0.4 is 9.64 Å². The molecular weight excluding hydrogens is 496 g/mol. The molecule has 4 rings (SSSR count). The maximum atomic E-state index is 13.2. The van der Waals surface area contributed by atoms with E-state index in [4.69, 9.17) is 4.74 Å². The van der Waals surface area contributed by atoms with Crippen molar-refractivity contribution in [3.8, 4) is 5.75 Å². The number of carbonyl (C=O) groups is 1. The van der Waals surface area contributed by atoms with Crippen molar-refractivity contribution in [3.63, 3.8) is 0 Å². The summed E-state index contributed by atoms with van der Waals surface area (Å²) in [5.41, 5.74) is 2.25. The van der Waals surface area contributed by atoms with Crippen LogP contribution in [0.5, 0.6) is 5.75 Å². The first kappa shape index (κ1) is 19.6. The summed E-state index contributed by atoms with van der Waals surface area (Å²) >= 11 is 7.07. The number of anilines is 2. The number of amides is 1. The van der Waals surface area contributed by atoms with Crippen LogP contribution in [-0.4, -0.2) is 17.5 Å². The van der Waals surface area contributed by atoms with Gasteiger partial charge in [0.1, 0.15) is 5.52 Å². The number of benzene rings is 3. The monoisotopic (exact) mass is 510 g/mol. The second-order valence-corrected chi connectivity index (χ2v) is 7.97. The molecule has 1 amide bonds. The number of aromatic nitrogens is 1. The molecule has 0 aliphatic carbocycles. The summed E-state index contributed by atoms with van der Waals surface area (Å²) in [6, 6.07) is 24.8. The molecule has 1 heterocycles. The maximum Gasteiger partial charge on any atom is 0.269 e. The zero-order valence-electron chi connectivity index (χ0n) is 15.3. The van der Waals surface area contributed by atoms with Gasteiger partial charge in [0.15, 0.2) is 12.4 Å². The highest BCUT2D eigenvalue weighted by molar-refractivity contribution is 9.11. The summed E-state index contributed by atoms with van der Waals surface area (Å²) in [4.78, 5) is 19.3. The molecule has 0 aliphatic heterocycles. The average Bonchev–Trinajstić information content (AvgIpc) is 2.75. The summed E-state index contributed by atoms with van der Waals surface area (Å²) in [5, 5.41) is 0.918. The first-order chi connectivity index (χ1) is 14.1. The number of nitrogens with zero attached hydrogens (tertiary/aromatic N) is 2. The Kier molecular flexibility index (Phi) is 5.92. The Balaban J connectivity index is 1.65. The van der Waals surface area contributed by atoms with Gasteiger partial charge in [0.2, 0.25) is 0 Å². The minimum absolute atomic E-state index is 0.129. The lowest BCUT2D eigenvalue weighted by Gasteiger charge is -2.23. The Bertz CT molecular complexity index is 1110. The molecule has 0 radical (unpaired) electrons. The Morgan fingerprint density at radius 3 is 2.10 bits per heavy atom. The van der Waals surface area contributed by atoms with E-state index in [2.05, 4.69) is 36.8 Å². The molecule has 0 unspecified atom stereocenters. The highest BCUT2D eigenvalue weighted by Crippen LogP contribution is 2.37. The van der Waals surface area contributed by atoms with Crippen molar-refractivity contribution in [1.82, 2.24) is 4.98 Å². The molecule has 4 aromatic rings. The summed E-state index contributed by atoms with van der Waals surface area (Å²) < 4.78 is 7.60. The maximum absolute atomic E-state index is 13.2. The predicted molar refractivity (Wildman–Crippen MR) is 123 cm³/mol. The van der Waals surface area contributed by atoms with Gasteiger partial charge in [-0.2, -0.15) is 0 Å². The molecule has 4 nitrogen and oxygen atoms in total. The molecule has 29 heavy (non-hydrogen) atoms. The zero-order valence-corrected chi connectivity index (χ0v) is 18.4. The quantitative estimate of drug-likeness (QED) is 0.307. The average molecular weight is 512 g/mol. The topological polar surface area (TPSA) is 42.4 Å². The molecule has 3 aromatic carbocycles. The number of hydrogen-bond donors (Lipinski definition) is 0. The lowest BCUT2D eigenvalue weighted by Crippen LogP contribution is -2.31.